The number of hydrogen-bond donors (Lipinski definition) is 1. The van der Waals surface area contributed by atoms with Gasteiger partial charge in [0.25, 0.3) is 0 Å². The van der Waals surface area contributed by atoms with Gasteiger partial charge in [0.1, 0.15) is 0 Å². The molecule has 0 radical (unpaired) electrons. The standard InChI is InChI=1S/C14H22N2OS/c1-10-6-7-18-13(10)9-16(2)14(17)12-5-3-4-11(12)8-15/h6-7,11-12H,3-5,8-9,15H2,1-2H3/t11-,12-/m1/s1. The van der Waals surface area contributed by atoms with Gasteiger partial charge in [0.2, 0.25) is 5.91 Å². The summed E-state index contributed by atoms with van der Waals surface area (Å²) in [5.41, 5.74) is 7.03. The molecular weight excluding hydrogens is 244 g/mol. The molecule has 3 nitrogen and oxygen atoms in total. The zero-order valence-corrected chi connectivity index (χ0v) is 12.0. The van der Waals surface area contributed by atoms with Crippen molar-refractivity contribution >= 4 is 17.2 Å². The summed E-state index contributed by atoms with van der Waals surface area (Å²) in [5, 5.41) is 2.08. The summed E-state index contributed by atoms with van der Waals surface area (Å²) in [4.78, 5) is 15.6. The third-order valence-corrected chi connectivity index (χ3v) is 5.01. The van der Waals surface area contributed by atoms with E-state index in [0.29, 0.717) is 12.5 Å². The van der Waals surface area contributed by atoms with Crippen LogP contribution in [0, 0.1) is 18.8 Å². The first-order valence-electron chi connectivity index (χ1n) is 6.61. The molecule has 1 heterocycles. The molecule has 0 unspecified atom stereocenters. The number of nitrogens with two attached hydrogens (primary N) is 1. The molecule has 0 aliphatic heterocycles. The fourth-order valence-electron chi connectivity index (χ4n) is 2.79. The molecule has 2 N–H and O–H groups in total. The molecule has 1 aromatic rings. The lowest BCUT2D eigenvalue weighted by atomic mass is 9.95. The molecule has 0 saturated heterocycles. The van der Waals surface area contributed by atoms with Crippen LogP contribution in [0.25, 0.3) is 0 Å². The summed E-state index contributed by atoms with van der Waals surface area (Å²) in [7, 11) is 1.91. The van der Waals surface area contributed by atoms with Gasteiger partial charge in [-0.1, -0.05) is 6.42 Å². The van der Waals surface area contributed by atoms with Crippen LogP contribution in [0.3, 0.4) is 0 Å². The second-order valence-electron chi connectivity index (χ2n) is 5.25. The normalized spacial score (nSPS) is 23.3. The molecule has 100 valence electrons. The molecule has 0 spiro atoms. The Morgan fingerprint density at radius 1 is 1.56 bits per heavy atom. The van der Waals surface area contributed by atoms with Crippen LogP contribution in [0.2, 0.25) is 0 Å². The average molecular weight is 266 g/mol. The Balaban J connectivity index is 1.98. The molecule has 1 aliphatic carbocycles. The summed E-state index contributed by atoms with van der Waals surface area (Å²) >= 11 is 1.73. The average Bonchev–Trinajstić information content (AvgIpc) is 2.97. The van der Waals surface area contributed by atoms with Gasteiger partial charge in [0.05, 0.1) is 6.54 Å². The third kappa shape index (κ3) is 2.75. The summed E-state index contributed by atoms with van der Waals surface area (Å²) in [5.74, 6) is 0.820. The lowest BCUT2D eigenvalue weighted by Crippen LogP contribution is -2.36. The van der Waals surface area contributed by atoms with Crippen LogP contribution in [0.5, 0.6) is 0 Å². The Morgan fingerprint density at radius 3 is 2.94 bits per heavy atom. The van der Waals surface area contributed by atoms with E-state index in [1.165, 1.54) is 10.4 Å². The Morgan fingerprint density at radius 2 is 2.33 bits per heavy atom. The van der Waals surface area contributed by atoms with E-state index in [1.807, 2.05) is 11.9 Å². The predicted molar refractivity (Wildman–Crippen MR) is 75.4 cm³/mol. The van der Waals surface area contributed by atoms with Crippen LogP contribution in [-0.2, 0) is 11.3 Å². The minimum atomic E-state index is 0.153. The van der Waals surface area contributed by atoms with E-state index in [0.717, 1.165) is 25.8 Å². The molecule has 2 rings (SSSR count). The van der Waals surface area contributed by atoms with Crippen molar-refractivity contribution in [3.8, 4) is 0 Å². The smallest absolute Gasteiger partial charge is 0.226 e. The maximum absolute atomic E-state index is 12.4. The van der Waals surface area contributed by atoms with Crippen molar-refractivity contribution in [3.63, 3.8) is 0 Å². The molecule has 1 fully saturated rings. The summed E-state index contributed by atoms with van der Waals surface area (Å²) in [6, 6.07) is 2.11. The maximum atomic E-state index is 12.4. The van der Waals surface area contributed by atoms with Crippen molar-refractivity contribution < 1.29 is 4.79 Å². The van der Waals surface area contributed by atoms with Crippen molar-refractivity contribution in [2.75, 3.05) is 13.6 Å². The van der Waals surface area contributed by atoms with E-state index in [4.69, 9.17) is 5.73 Å². The fraction of sp³-hybridized carbons (Fsp3) is 0.643. The predicted octanol–water partition coefficient (Wildman–Crippen LogP) is 2.39. The van der Waals surface area contributed by atoms with Gasteiger partial charge in [0, 0.05) is 17.8 Å². The number of rotatable bonds is 4. The van der Waals surface area contributed by atoms with Crippen molar-refractivity contribution in [1.29, 1.82) is 0 Å². The highest BCUT2D eigenvalue weighted by atomic mass is 32.1. The van der Waals surface area contributed by atoms with E-state index >= 15 is 0 Å². The van der Waals surface area contributed by atoms with Crippen molar-refractivity contribution in [2.45, 2.75) is 32.7 Å². The highest BCUT2D eigenvalue weighted by Crippen LogP contribution is 2.32. The minimum absolute atomic E-state index is 0.153. The van der Waals surface area contributed by atoms with Gasteiger partial charge in [-0.3, -0.25) is 4.79 Å². The van der Waals surface area contributed by atoms with Crippen LogP contribution >= 0.6 is 11.3 Å². The third-order valence-electron chi connectivity index (χ3n) is 4.00. The maximum Gasteiger partial charge on any atom is 0.226 e. The van der Waals surface area contributed by atoms with E-state index in [1.54, 1.807) is 11.3 Å². The minimum Gasteiger partial charge on any atom is -0.340 e. The highest BCUT2D eigenvalue weighted by molar-refractivity contribution is 7.10. The van der Waals surface area contributed by atoms with E-state index in [9.17, 15) is 4.79 Å². The van der Waals surface area contributed by atoms with E-state index < -0.39 is 0 Å². The van der Waals surface area contributed by atoms with Crippen LogP contribution in [0.15, 0.2) is 11.4 Å². The van der Waals surface area contributed by atoms with E-state index in [2.05, 4.69) is 18.4 Å². The van der Waals surface area contributed by atoms with Gasteiger partial charge in [-0.05, 0) is 49.2 Å². The molecule has 1 saturated carbocycles. The quantitative estimate of drug-likeness (QED) is 0.909. The van der Waals surface area contributed by atoms with Crippen LogP contribution < -0.4 is 5.73 Å². The number of aryl methyl sites for hydroxylation is 1. The fourth-order valence-corrected chi connectivity index (χ4v) is 3.75. The molecule has 1 amide bonds. The second kappa shape index (κ2) is 5.85. The van der Waals surface area contributed by atoms with Crippen molar-refractivity contribution in [1.82, 2.24) is 4.90 Å². The zero-order valence-electron chi connectivity index (χ0n) is 11.2. The van der Waals surface area contributed by atoms with E-state index in [-0.39, 0.29) is 11.8 Å². The number of amides is 1. The van der Waals surface area contributed by atoms with Gasteiger partial charge >= 0.3 is 0 Å². The zero-order chi connectivity index (χ0) is 13.1. The SMILES string of the molecule is Cc1ccsc1CN(C)C(=O)[C@@H]1CCC[C@@H]1CN. The molecule has 18 heavy (non-hydrogen) atoms. The van der Waals surface area contributed by atoms with Crippen LogP contribution in [0.1, 0.15) is 29.7 Å². The molecule has 1 aliphatic rings. The lowest BCUT2D eigenvalue weighted by Gasteiger charge is -2.24. The van der Waals surface area contributed by atoms with Crippen molar-refractivity contribution in [3.05, 3.63) is 21.9 Å². The highest BCUT2D eigenvalue weighted by Gasteiger charge is 2.33. The Bertz CT molecular complexity index is 416. The number of nitrogens with zero attached hydrogens (tertiary/aromatic N) is 1. The topological polar surface area (TPSA) is 46.3 Å². The number of hydrogen-bond acceptors (Lipinski definition) is 3. The van der Waals surface area contributed by atoms with Crippen molar-refractivity contribution in [2.24, 2.45) is 17.6 Å². The molecule has 1 aromatic heterocycles. The monoisotopic (exact) mass is 266 g/mol. The summed E-state index contributed by atoms with van der Waals surface area (Å²) in [6.45, 7) is 3.47. The first-order chi connectivity index (χ1) is 8.63. The van der Waals surface area contributed by atoms with Gasteiger partial charge < -0.3 is 10.6 Å². The number of carbonyl (C=O) groups excluding carboxylic acids is 1. The van der Waals surface area contributed by atoms with Gasteiger partial charge in [-0.15, -0.1) is 11.3 Å². The molecule has 2 atom stereocenters. The first-order valence-corrected chi connectivity index (χ1v) is 7.49. The molecule has 0 bridgehead atoms. The van der Waals surface area contributed by atoms with Crippen LogP contribution in [-0.4, -0.2) is 24.4 Å². The lowest BCUT2D eigenvalue weighted by molar-refractivity contribution is -0.135. The number of thiophene rings is 1. The second-order valence-corrected chi connectivity index (χ2v) is 6.25. The Hall–Kier alpha value is -0.870. The van der Waals surface area contributed by atoms with Gasteiger partial charge in [-0.2, -0.15) is 0 Å². The molecular formula is C14H22N2OS. The summed E-state index contributed by atoms with van der Waals surface area (Å²) in [6.07, 6.45) is 3.26. The summed E-state index contributed by atoms with van der Waals surface area (Å²) < 4.78 is 0. The Kier molecular flexibility index (Phi) is 4.40. The number of carbonyl (C=O) groups is 1. The molecule has 4 heteroatoms. The molecule has 0 aromatic carbocycles. The largest absolute Gasteiger partial charge is 0.340 e. The Labute approximate surface area is 113 Å². The van der Waals surface area contributed by atoms with Gasteiger partial charge in [-0.25, -0.2) is 0 Å². The van der Waals surface area contributed by atoms with Crippen LogP contribution in [0.4, 0.5) is 0 Å². The van der Waals surface area contributed by atoms with Gasteiger partial charge in [0.15, 0.2) is 0 Å². The first kappa shape index (κ1) is 13.6.